The number of rotatable bonds is 50. The summed E-state index contributed by atoms with van der Waals surface area (Å²) in [5.41, 5.74) is 0. The smallest absolute Gasteiger partial charge is 0.306 e. The molecule has 0 aliphatic rings. The Morgan fingerprint density at radius 2 is 0.541 bits per heavy atom. The lowest BCUT2D eigenvalue weighted by Crippen LogP contribution is -2.30. The van der Waals surface area contributed by atoms with Gasteiger partial charge in [-0.1, -0.05) is 272 Å². The second-order valence-corrected chi connectivity index (χ2v) is 19.3. The van der Waals surface area contributed by atoms with Gasteiger partial charge in [-0.3, -0.25) is 14.4 Å². The summed E-state index contributed by atoms with van der Waals surface area (Å²) in [7, 11) is 0. The zero-order chi connectivity index (χ0) is 44.5. The molecule has 362 valence electrons. The molecule has 0 rings (SSSR count). The van der Waals surface area contributed by atoms with Crippen LogP contribution < -0.4 is 0 Å². The third-order valence-corrected chi connectivity index (χ3v) is 12.5. The molecule has 0 saturated carbocycles. The Kier molecular flexibility index (Phi) is 48.1. The summed E-state index contributed by atoms with van der Waals surface area (Å²) < 4.78 is 16.8. The van der Waals surface area contributed by atoms with Crippen molar-refractivity contribution in [3.05, 3.63) is 0 Å². The number of ether oxygens (including phenoxy) is 3. The van der Waals surface area contributed by atoms with Gasteiger partial charge in [0.15, 0.2) is 6.10 Å². The van der Waals surface area contributed by atoms with Crippen LogP contribution in [-0.4, -0.2) is 37.2 Å². The molecule has 0 fully saturated rings. The van der Waals surface area contributed by atoms with Crippen molar-refractivity contribution in [3.8, 4) is 0 Å². The van der Waals surface area contributed by atoms with Crippen LogP contribution in [-0.2, 0) is 28.6 Å². The SMILES string of the molecule is CCCCCCCCCCCCCCCCCCC(=O)OC[C@@H](COC(=O)CCCCCCCCCCCCCCC(C)C)OC(=O)CCCCCCCCCCCCCC. The van der Waals surface area contributed by atoms with Crippen LogP contribution in [0.1, 0.15) is 310 Å². The molecule has 1 atom stereocenters. The highest BCUT2D eigenvalue weighted by Crippen LogP contribution is 2.17. The van der Waals surface area contributed by atoms with Crippen molar-refractivity contribution in [2.45, 2.75) is 316 Å². The predicted octanol–water partition coefficient (Wildman–Crippen LogP) is 17.8. The molecule has 6 heteroatoms. The van der Waals surface area contributed by atoms with Crippen molar-refractivity contribution >= 4 is 17.9 Å². The van der Waals surface area contributed by atoms with E-state index in [2.05, 4.69) is 27.7 Å². The number of esters is 3. The van der Waals surface area contributed by atoms with Gasteiger partial charge in [-0.05, 0) is 25.2 Å². The fourth-order valence-corrected chi connectivity index (χ4v) is 8.39. The van der Waals surface area contributed by atoms with Gasteiger partial charge >= 0.3 is 17.9 Å². The fourth-order valence-electron chi connectivity index (χ4n) is 8.39. The molecular formula is C55H106O6. The number of carbonyl (C=O) groups excluding carboxylic acids is 3. The van der Waals surface area contributed by atoms with E-state index in [1.807, 2.05) is 0 Å². The molecule has 0 bridgehead atoms. The highest BCUT2D eigenvalue weighted by molar-refractivity contribution is 5.71. The van der Waals surface area contributed by atoms with E-state index in [-0.39, 0.29) is 31.1 Å². The second-order valence-electron chi connectivity index (χ2n) is 19.3. The fraction of sp³-hybridized carbons (Fsp3) is 0.945. The first kappa shape index (κ1) is 59.4. The molecule has 0 aromatic rings. The van der Waals surface area contributed by atoms with Gasteiger partial charge in [-0.15, -0.1) is 0 Å². The Labute approximate surface area is 380 Å². The molecule has 0 aromatic heterocycles. The molecule has 61 heavy (non-hydrogen) atoms. The minimum atomic E-state index is -0.761. The van der Waals surface area contributed by atoms with Crippen LogP contribution in [0.4, 0.5) is 0 Å². The molecule has 0 aliphatic heterocycles. The van der Waals surface area contributed by atoms with Crippen molar-refractivity contribution < 1.29 is 28.6 Å². The normalized spacial score (nSPS) is 12.0. The average molecular weight is 863 g/mol. The van der Waals surface area contributed by atoms with E-state index in [0.29, 0.717) is 19.3 Å². The number of unbranched alkanes of at least 4 members (excludes halogenated alkanes) is 37. The summed E-state index contributed by atoms with van der Waals surface area (Å²) in [4.78, 5) is 38.0. The summed E-state index contributed by atoms with van der Waals surface area (Å²) in [6.45, 7) is 9.04. The largest absolute Gasteiger partial charge is 0.462 e. The molecule has 0 unspecified atom stereocenters. The van der Waals surface area contributed by atoms with E-state index in [1.54, 1.807) is 0 Å². The van der Waals surface area contributed by atoms with Crippen LogP contribution in [0.2, 0.25) is 0 Å². The maximum absolute atomic E-state index is 12.8. The molecule has 0 spiro atoms. The summed E-state index contributed by atoms with van der Waals surface area (Å²) in [5.74, 6) is -0.00594. The Hall–Kier alpha value is -1.59. The Bertz CT molecular complexity index is 918. The van der Waals surface area contributed by atoms with Crippen LogP contribution in [0.3, 0.4) is 0 Å². The van der Waals surface area contributed by atoms with Crippen molar-refractivity contribution in [1.82, 2.24) is 0 Å². The third kappa shape index (κ3) is 49.3. The minimum absolute atomic E-state index is 0.0622. The first-order valence-electron chi connectivity index (χ1n) is 27.4. The summed E-state index contributed by atoms with van der Waals surface area (Å²) in [6.07, 6.45) is 52.3. The zero-order valence-electron chi connectivity index (χ0n) is 41.6. The van der Waals surface area contributed by atoms with Crippen LogP contribution in [0.15, 0.2) is 0 Å². The van der Waals surface area contributed by atoms with Crippen molar-refractivity contribution in [3.63, 3.8) is 0 Å². The predicted molar refractivity (Wildman–Crippen MR) is 261 cm³/mol. The topological polar surface area (TPSA) is 78.9 Å². The van der Waals surface area contributed by atoms with Crippen molar-refractivity contribution in [1.29, 1.82) is 0 Å². The highest BCUT2D eigenvalue weighted by atomic mass is 16.6. The molecule has 0 radical (unpaired) electrons. The number of carbonyl (C=O) groups is 3. The van der Waals surface area contributed by atoms with Gasteiger partial charge in [0, 0.05) is 19.3 Å². The van der Waals surface area contributed by atoms with E-state index in [4.69, 9.17) is 14.2 Å². The summed E-state index contributed by atoms with van der Waals surface area (Å²) in [5, 5.41) is 0. The number of hydrogen-bond acceptors (Lipinski definition) is 6. The molecule has 0 saturated heterocycles. The lowest BCUT2D eigenvalue weighted by Gasteiger charge is -2.18. The van der Waals surface area contributed by atoms with E-state index in [1.165, 1.54) is 205 Å². The van der Waals surface area contributed by atoms with Gasteiger partial charge in [0.05, 0.1) is 0 Å². The maximum atomic E-state index is 12.8. The summed E-state index contributed by atoms with van der Waals surface area (Å²) in [6, 6.07) is 0. The number of hydrogen-bond donors (Lipinski definition) is 0. The van der Waals surface area contributed by atoms with Crippen LogP contribution >= 0.6 is 0 Å². The first-order chi connectivity index (χ1) is 29.9. The lowest BCUT2D eigenvalue weighted by atomic mass is 10.0. The van der Waals surface area contributed by atoms with Crippen LogP contribution in [0.5, 0.6) is 0 Å². The van der Waals surface area contributed by atoms with Crippen LogP contribution in [0, 0.1) is 5.92 Å². The molecule has 0 heterocycles. The van der Waals surface area contributed by atoms with Crippen molar-refractivity contribution in [2.75, 3.05) is 13.2 Å². The second kappa shape index (κ2) is 49.4. The molecule has 0 aliphatic carbocycles. The quantitative estimate of drug-likeness (QED) is 0.0344. The van der Waals surface area contributed by atoms with Crippen LogP contribution in [0.25, 0.3) is 0 Å². The van der Waals surface area contributed by atoms with Gasteiger partial charge < -0.3 is 14.2 Å². The van der Waals surface area contributed by atoms with Gasteiger partial charge in [-0.25, -0.2) is 0 Å². The average Bonchev–Trinajstić information content (AvgIpc) is 3.24. The standard InChI is InChI=1S/C55H106O6/c1-5-7-9-11-13-15-17-19-20-21-22-27-30-34-38-42-46-53(56)59-49-52(61-55(58)48-44-40-36-32-26-18-16-14-12-10-8-6-2)50-60-54(57)47-43-39-35-31-28-24-23-25-29-33-37-41-45-51(3)4/h51-52H,5-50H2,1-4H3/t52-/m0/s1. The molecule has 0 N–H and O–H groups in total. The zero-order valence-corrected chi connectivity index (χ0v) is 41.6. The third-order valence-electron chi connectivity index (χ3n) is 12.5. The molecule has 0 amide bonds. The Balaban J connectivity index is 4.28. The first-order valence-corrected chi connectivity index (χ1v) is 27.4. The van der Waals surface area contributed by atoms with E-state index in [0.717, 1.165) is 63.7 Å². The Morgan fingerprint density at radius 3 is 0.803 bits per heavy atom. The summed E-state index contributed by atoms with van der Waals surface area (Å²) >= 11 is 0. The van der Waals surface area contributed by atoms with E-state index >= 15 is 0 Å². The monoisotopic (exact) mass is 863 g/mol. The lowest BCUT2D eigenvalue weighted by molar-refractivity contribution is -0.167. The van der Waals surface area contributed by atoms with E-state index in [9.17, 15) is 14.4 Å². The van der Waals surface area contributed by atoms with E-state index < -0.39 is 6.10 Å². The minimum Gasteiger partial charge on any atom is -0.462 e. The Morgan fingerprint density at radius 1 is 0.311 bits per heavy atom. The molecular weight excluding hydrogens is 757 g/mol. The highest BCUT2D eigenvalue weighted by Gasteiger charge is 2.19. The van der Waals surface area contributed by atoms with Gasteiger partial charge in [0.25, 0.3) is 0 Å². The molecule has 6 nitrogen and oxygen atoms in total. The van der Waals surface area contributed by atoms with Crippen molar-refractivity contribution in [2.24, 2.45) is 5.92 Å². The molecule has 0 aromatic carbocycles. The van der Waals surface area contributed by atoms with Gasteiger partial charge in [0.1, 0.15) is 13.2 Å². The van der Waals surface area contributed by atoms with Gasteiger partial charge in [0.2, 0.25) is 0 Å². The van der Waals surface area contributed by atoms with Gasteiger partial charge in [-0.2, -0.15) is 0 Å². The maximum Gasteiger partial charge on any atom is 0.306 e.